The van der Waals surface area contributed by atoms with E-state index >= 15 is 0 Å². The van der Waals surface area contributed by atoms with Gasteiger partial charge in [0.25, 0.3) is 0 Å². The summed E-state index contributed by atoms with van der Waals surface area (Å²) in [5.41, 5.74) is 6.87. The Bertz CT molecular complexity index is 594. The number of nitrogens with one attached hydrogen (secondary N) is 1. The first-order valence-corrected chi connectivity index (χ1v) is 6.34. The molecule has 0 amide bonds. The summed E-state index contributed by atoms with van der Waals surface area (Å²) in [6.07, 6.45) is 4.16. The second-order valence-electron chi connectivity index (χ2n) is 5.00. The quantitative estimate of drug-likeness (QED) is 0.726. The predicted octanol–water partition coefficient (Wildman–Crippen LogP) is 1.38. The maximum atomic E-state index is 10.2. The third-order valence-corrected chi connectivity index (χ3v) is 3.55. The molecule has 1 fully saturated rings. The minimum Gasteiger partial charge on any atom is -0.397 e. The Hall–Kier alpha value is -1.85. The minimum atomic E-state index is -0.792. The molecule has 0 bridgehead atoms. The highest BCUT2D eigenvalue weighted by Crippen LogP contribution is 2.29. The zero-order valence-electron chi connectivity index (χ0n) is 10.6. The molecular weight excluding hydrogens is 242 g/mol. The third-order valence-electron chi connectivity index (χ3n) is 3.55. The van der Waals surface area contributed by atoms with Crippen molar-refractivity contribution in [3.8, 4) is 0 Å². The highest BCUT2D eigenvalue weighted by molar-refractivity contribution is 5.98. The Morgan fingerprint density at radius 1 is 1.42 bits per heavy atom. The van der Waals surface area contributed by atoms with E-state index in [-0.39, 0.29) is 0 Å². The van der Waals surface area contributed by atoms with Gasteiger partial charge in [0, 0.05) is 42.7 Å². The number of aromatic nitrogens is 1. The van der Waals surface area contributed by atoms with Gasteiger partial charge in [-0.1, -0.05) is 6.07 Å². The van der Waals surface area contributed by atoms with E-state index in [4.69, 9.17) is 10.5 Å². The molecule has 0 spiro atoms. The van der Waals surface area contributed by atoms with E-state index in [0.717, 1.165) is 16.5 Å². The minimum absolute atomic E-state index is 0.372. The molecule has 100 valence electrons. The Balaban J connectivity index is 1.83. The van der Waals surface area contributed by atoms with Crippen LogP contribution in [0.2, 0.25) is 0 Å². The van der Waals surface area contributed by atoms with Crippen LogP contribution in [-0.2, 0) is 4.74 Å². The van der Waals surface area contributed by atoms with Gasteiger partial charge in [-0.15, -0.1) is 0 Å². The van der Waals surface area contributed by atoms with Crippen molar-refractivity contribution in [3.05, 3.63) is 30.6 Å². The summed E-state index contributed by atoms with van der Waals surface area (Å²) in [5.74, 6) is 0. The Morgan fingerprint density at radius 3 is 3.11 bits per heavy atom. The average Bonchev–Trinajstić information content (AvgIpc) is 2.86. The molecule has 1 aromatic carbocycles. The maximum Gasteiger partial charge on any atom is 0.107 e. The lowest BCUT2D eigenvalue weighted by Gasteiger charge is -2.22. The van der Waals surface area contributed by atoms with Crippen LogP contribution >= 0.6 is 0 Å². The number of nitrogen functional groups attached to an aromatic ring is 1. The molecule has 2 heterocycles. The van der Waals surface area contributed by atoms with Crippen LogP contribution in [0.3, 0.4) is 0 Å². The second-order valence-corrected chi connectivity index (χ2v) is 5.00. The number of pyridine rings is 1. The van der Waals surface area contributed by atoms with Gasteiger partial charge in [0.05, 0.1) is 18.0 Å². The van der Waals surface area contributed by atoms with Crippen molar-refractivity contribution in [2.75, 3.05) is 30.8 Å². The van der Waals surface area contributed by atoms with Crippen molar-refractivity contribution in [1.29, 1.82) is 0 Å². The van der Waals surface area contributed by atoms with Gasteiger partial charge in [0.15, 0.2) is 0 Å². The lowest BCUT2D eigenvalue weighted by atomic mass is 10.0. The molecule has 5 nitrogen and oxygen atoms in total. The Kier molecular flexibility index (Phi) is 3.00. The number of hydrogen-bond acceptors (Lipinski definition) is 5. The molecule has 3 rings (SSSR count). The summed E-state index contributed by atoms with van der Waals surface area (Å²) in [4.78, 5) is 4.07. The largest absolute Gasteiger partial charge is 0.397 e. The summed E-state index contributed by atoms with van der Waals surface area (Å²) < 4.78 is 5.22. The van der Waals surface area contributed by atoms with Crippen molar-refractivity contribution in [1.82, 2.24) is 4.98 Å². The van der Waals surface area contributed by atoms with Gasteiger partial charge >= 0.3 is 0 Å². The van der Waals surface area contributed by atoms with E-state index in [9.17, 15) is 5.11 Å². The van der Waals surface area contributed by atoms with Crippen molar-refractivity contribution in [3.63, 3.8) is 0 Å². The van der Waals surface area contributed by atoms with E-state index in [1.54, 1.807) is 12.4 Å². The van der Waals surface area contributed by atoms with Crippen molar-refractivity contribution in [2.24, 2.45) is 0 Å². The van der Waals surface area contributed by atoms with Crippen LogP contribution in [0.4, 0.5) is 11.4 Å². The molecular formula is C14H17N3O2. The normalized spacial score (nSPS) is 22.8. The van der Waals surface area contributed by atoms with Crippen molar-refractivity contribution in [2.45, 2.75) is 12.0 Å². The monoisotopic (exact) mass is 259 g/mol. The average molecular weight is 259 g/mol. The van der Waals surface area contributed by atoms with E-state index in [2.05, 4.69) is 10.3 Å². The van der Waals surface area contributed by atoms with Gasteiger partial charge in [-0.25, -0.2) is 0 Å². The molecule has 1 aromatic heterocycles. The first kappa shape index (κ1) is 12.2. The highest BCUT2D eigenvalue weighted by atomic mass is 16.5. The summed E-state index contributed by atoms with van der Waals surface area (Å²) >= 11 is 0. The fraction of sp³-hybridized carbons (Fsp3) is 0.357. The summed E-state index contributed by atoms with van der Waals surface area (Å²) in [6.45, 7) is 1.42. The van der Waals surface area contributed by atoms with Crippen LogP contribution in [0.1, 0.15) is 6.42 Å². The number of rotatable bonds is 3. The molecule has 1 aliphatic rings. The van der Waals surface area contributed by atoms with Crippen LogP contribution in [-0.4, -0.2) is 35.5 Å². The molecule has 0 radical (unpaired) electrons. The Morgan fingerprint density at radius 2 is 2.32 bits per heavy atom. The van der Waals surface area contributed by atoms with Crippen LogP contribution in [0.15, 0.2) is 30.6 Å². The number of nitrogens with two attached hydrogens (primary N) is 1. The Labute approximate surface area is 111 Å². The highest BCUT2D eigenvalue weighted by Gasteiger charge is 2.32. The molecule has 1 unspecified atom stereocenters. The smallest absolute Gasteiger partial charge is 0.107 e. The number of hydrogen-bond donors (Lipinski definition) is 3. The van der Waals surface area contributed by atoms with Gasteiger partial charge in [-0.3, -0.25) is 4.98 Å². The van der Waals surface area contributed by atoms with Gasteiger partial charge in [0.1, 0.15) is 5.60 Å². The fourth-order valence-corrected chi connectivity index (χ4v) is 2.34. The first-order chi connectivity index (χ1) is 9.18. The van der Waals surface area contributed by atoms with Crippen LogP contribution in [0.5, 0.6) is 0 Å². The summed E-state index contributed by atoms with van der Waals surface area (Å²) in [5, 5.41) is 15.4. The lowest BCUT2D eigenvalue weighted by molar-refractivity contribution is 0.0382. The number of anilines is 2. The molecule has 4 N–H and O–H groups in total. The van der Waals surface area contributed by atoms with E-state index < -0.39 is 5.60 Å². The number of nitrogens with zero attached hydrogens (tertiary/aromatic N) is 1. The van der Waals surface area contributed by atoms with Crippen LogP contribution < -0.4 is 11.1 Å². The van der Waals surface area contributed by atoms with E-state index in [0.29, 0.717) is 31.9 Å². The predicted molar refractivity (Wildman–Crippen MR) is 75.0 cm³/mol. The zero-order chi connectivity index (χ0) is 13.3. The molecule has 1 aliphatic heterocycles. The summed E-state index contributed by atoms with van der Waals surface area (Å²) in [6, 6.07) is 5.78. The number of aliphatic hydroxyl groups is 1. The number of benzene rings is 1. The van der Waals surface area contributed by atoms with Crippen LogP contribution in [0, 0.1) is 0 Å². The molecule has 1 saturated heterocycles. The first-order valence-electron chi connectivity index (χ1n) is 6.34. The number of fused-ring (bicyclic) bond motifs is 1. The maximum absolute atomic E-state index is 10.2. The third kappa shape index (κ3) is 2.34. The second kappa shape index (κ2) is 4.68. The lowest BCUT2D eigenvalue weighted by Crippen LogP contribution is -2.37. The molecule has 5 heteroatoms. The van der Waals surface area contributed by atoms with E-state index in [1.165, 1.54) is 0 Å². The SMILES string of the molecule is Nc1c(NCC2(O)CCOC2)ccc2cnccc12. The zero-order valence-corrected chi connectivity index (χ0v) is 10.6. The molecule has 2 aromatic rings. The van der Waals surface area contributed by atoms with Gasteiger partial charge in [0.2, 0.25) is 0 Å². The molecule has 19 heavy (non-hydrogen) atoms. The topological polar surface area (TPSA) is 80.4 Å². The van der Waals surface area contributed by atoms with Gasteiger partial charge in [-0.05, 0) is 12.1 Å². The number of ether oxygens (including phenoxy) is 1. The van der Waals surface area contributed by atoms with Gasteiger partial charge in [-0.2, -0.15) is 0 Å². The van der Waals surface area contributed by atoms with Crippen molar-refractivity contribution < 1.29 is 9.84 Å². The molecule has 1 atom stereocenters. The molecule has 0 saturated carbocycles. The standard InChI is InChI=1S/C14H17N3O2/c15-13-11-3-5-16-7-10(11)1-2-12(13)17-8-14(18)4-6-19-9-14/h1-3,5,7,17-18H,4,6,8-9,15H2. The summed E-state index contributed by atoms with van der Waals surface area (Å²) in [7, 11) is 0. The van der Waals surface area contributed by atoms with E-state index in [1.807, 2.05) is 18.2 Å². The van der Waals surface area contributed by atoms with Crippen LogP contribution in [0.25, 0.3) is 10.8 Å². The fourth-order valence-electron chi connectivity index (χ4n) is 2.34. The molecule has 0 aliphatic carbocycles. The van der Waals surface area contributed by atoms with Gasteiger partial charge < -0.3 is 20.9 Å². The van der Waals surface area contributed by atoms with Crippen molar-refractivity contribution >= 4 is 22.1 Å².